The van der Waals surface area contributed by atoms with Crippen molar-refractivity contribution in [3.63, 3.8) is 0 Å². The number of aliphatic hydroxyl groups excluding tert-OH is 1. The van der Waals surface area contributed by atoms with E-state index < -0.39 is 20.0 Å². The molecule has 2 N–H and O–H groups in total. The lowest BCUT2D eigenvalue weighted by Crippen LogP contribution is -2.45. The summed E-state index contributed by atoms with van der Waals surface area (Å²) >= 11 is 0. The maximum atomic E-state index is 12.9. The number of carbonyl (C=O) groups is 1. The van der Waals surface area contributed by atoms with E-state index in [9.17, 15) is 19.4 Å². The average molecular weight is 855 g/mol. The fraction of sp³-hybridized carbons (Fsp3) is 0.900. The van der Waals surface area contributed by atoms with Crippen LogP contribution >= 0.6 is 7.82 Å². The standard InChI is InChI=1S/C50H99N2O6P/c1-6-8-10-12-14-16-18-20-22-23-24-25-26-27-28-30-31-33-35-37-39-41-43-49(53)48(47-58-59(55,56)57-46-45-52(3,4)5)51-50(54)44-42-40-38-36-34-32-29-21-19-17-15-13-11-9-7-2/h33,35,41,43,48-49,53H,6-32,34,36-40,42,44-47H2,1-5H3,(H-,51,54,55,56)/b35-33+,43-41+. The first-order valence-electron chi connectivity index (χ1n) is 25.2. The number of nitrogens with zero attached hydrogens (tertiary/aromatic N) is 1. The minimum absolute atomic E-state index is 0.00402. The number of hydrogen-bond donors (Lipinski definition) is 2. The van der Waals surface area contributed by atoms with Gasteiger partial charge >= 0.3 is 0 Å². The van der Waals surface area contributed by atoms with Crippen molar-refractivity contribution < 1.29 is 32.9 Å². The quantitative estimate of drug-likeness (QED) is 0.0273. The molecule has 1 amide bonds. The zero-order valence-electron chi connectivity index (χ0n) is 39.7. The number of amides is 1. The predicted octanol–water partition coefficient (Wildman–Crippen LogP) is 13.8. The van der Waals surface area contributed by atoms with E-state index in [-0.39, 0.29) is 19.1 Å². The molecule has 0 radical (unpaired) electrons. The van der Waals surface area contributed by atoms with Crippen LogP contribution in [0.2, 0.25) is 0 Å². The van der Waals surface area contributed by atoms with Crippen molar-refractivity contribution in [2.75, 3.05) is 40.9 Å². The number of allylic oxidation sites excluding steroid dienone is 3. The van der Waals surface area contributed by atoms with Crippen LogP contribution in [0.15, 0.2) is 24.3 Å². The number of carbonyl (C=O) groups excluding carboxylic acids is 1. The molecule has 350 valence electrons. The molecule has 9 heteroatoms. The van der Waals surface area contributed by atoms with Gasteiger partial charge in [0.15, 0.2) is 0 Å². The molecule has 59 heavy (non-hydrogen) atoms. The van der Waals surface area contributed by atoms with Gasteiger partial charge < -0.3 is 28.8 Å². The molecule has 0 aliphatic heterocycles. The Kier molecular flexibility index (Phi) is 41.6. The zero-order valence-corrected chi connectivity index (χ0v) is 40.6. The number of rotatable bonds is 46. The second-order valence-electron chi connectivity index (χ2n) is 18.5. The SMILES string of the molecule is CCCCCCCCCCCCCCCCCC/C=C/CC/C=C/C(O)C(COP(=O)([O-])OCC[N+](C)(C)C)NC(=O)CCCCCCCCCCCCCCCCC. The summed E-state index contributed by atoms with van der Waals surface area (Å²) in [6.07, 6.45) is 50.9. The van der Waals surface area contributed by atoms with Crippen molar-refractivity contribution in [1.82, 2.24) is 5.32 Å². The lowest BCUT2D eigenvalue weighted by molar-refractivity contribution is -0.870. The predicted molar refractivity (Wildman–Crippen MR) is 252 cm³/mol. The second kappa shape index (κ2) is 42.3. The van der Waals surface area contributed by atoms with Crippen molar-refractivity contribution in [2.24, 2.45) is 0 Å². The van der Waals surface area contributed by atoms with E-state index >= 15 is 0 Å². The van der Waals surface area contributed by atoms with E-state index in [0.717, 1.165) is 38.5 Å². The van der Waals surface area contributed by atoms with Crippen LogP contribution in [0, 0.1) is 0 Å². The van der Waals surface area contributed by atoms with Crippen LogP contribution in [-0.4, -0.2) is 68.5 Å². The first-order valence-corrected chi connectivity index (χ1v) is 26.7. The molecule has 0 heterocycles. The third-order valence-corrected chi connectivity index (χ3v) is 12.4. The van der Waals surface area contributed by atoms with Crippen LogP contribution in [0.25, 0.3) is 0 Å². The highest BCUT2D eigenvalue weighted by Crippen LogP contribution is 2.38. The van der Waals surface area contributed by atoms with Crippen molar-refractivity contribution in [3.8, 4) is 0 Å². The molecule has 3 unspecified atom stereocenters. The van der Waals surface area contributed by atoms with Crippen molar-refractivity contribution >= 4 is 13.7 Å². The van der Waals surface area contributed by atoms with Gasteiger partial charge in [-0.05, 0) is 32.1 Å². The van der Waals surface area contributed by atoms with Gasteiger partial charge in [-0.3, -0.25) is 9.36 Å². The van der Waals surface area contributed by atoms with Crippen LogP contribution in [0.4, 0.5) is 0 Å². The Morgan fingerprint density at radius 1 is 0.576 bits per heavy atom. The van der Waals surface area contributed by atoms with Crippen LogP contribution in [0.3, 0.4) is 0 Å². The number of nitrogens with one attached hydrogen (secondary N) is 1. The first-order chi connectivity index (χ1) is 28.5. The normalized spacial score (nSPS) is 14.4. The Morgan fingerprint density at radius 3 is 1.37 bits per heavy atom. The van der Waals surface area contributed by atoms with Gasteiger partial charge in [0.25, 0.3) is 7.82 Å². The summed E-state index contributed by atoms with van der Waals surface area (Å²) in [4.78, 5) is 25.4. The van der Waals surface area contributed by atoms with Crippen LogP contribution in [0.1, 0.15) is 239 Å². The van der Waals surface area contributed by atoms with Gasteiger partial charge in [0.05, 0.1) is 39.9 Å². The Balaban J connectivity index is 4.34. The van der Waals surface area contributed by atoms with Crippen molar-refractivity contribution in [2.45, 2.75) is 251 Å². The van der Waals surface area contributed by atoms with Crippen molar-refractivity contribution in [1.29, 1.82) is 0 Å². The maximum Gasteiger partial charge on any atom is 0.268 e. The highest BCUT2D eigenvalue weighted by atomic mass is 31.2. The van der Waals surface area contributed by atoms with Crippen LogP contribution in [0.5, 0.6) is 0 Å². The molecule has 0 saturated heterocycles. The Hall–Kier alpha value is -1.02. The molecule has 0 saturated carbocycles. The largest absolute Gasteiger partial charge is 0.756 e. The molecule has 0 fully saturated rings. The maximum absolute atomic E-state index is 12.9. The second-order valence-corrected chi connectivity index (χ2v) is 19.9. The van der Waals surface area contributed by atoms with E-state index in [4.69, 9.17) is 9.05 Å². The molecule has 0 spiro atoms. The number of hydrogen-bond acceptors (Lipinski definition) is 6. The number of phosphoric acid groups is 1. The molecule has 0 aliphatic carbocycles. The average Bonchev–Trinajstić information content (AvgIpc) is 3.19. The van der Waals surface area contributed by atoms with Gasteiger partial charge in [0.1, 0.15) is 13.2 Å². The summed E-state index contributed by atoms with van der Waals surface area (Å²) in [6, 6.07) is -0.898. The topological polar surface area (TPSA) is 108 Å². The number of likely N-dealkylation sites (N-methyl/N-ethyl adjacent to an activating group) is 1. The molecular formula is C50H99N2O6P. The number of quaternary nitrogens is 1. The van der Waals surface area contributed by atoms with E-state index in [1.54, 1.807) is 6.08 Å². The van der Waals surface area contributed by atoms with E-state index in [1.165, 1.54) is 180 Å². The fourth-order valence-corrected chi connectivity index (χ4v) is 8.13. The lowest BCUT2D eigenvalue weighted by Gasteiger charge is -2.29. The molecule has 0 aromatic heterocycles. The molecule has 0 rings (SSSR count). The van der Waals surface area contributed by atoms with E-state index in [2.05, 4.69) is 31.3 Å². The van der Waals surface area contributed by atoms with Crippen molar-refractivity contribution in [3.05, 3.63) is 24.3 Å². The third kappa shape index (κ3) is 44.8. The molecule has 3 atom stereocenters. The molecule has 8 nitrogen and oxygen atoms in total. The van der Waals surface area contributed by atoms with Gasteiger partial charge in [0.2, 0.25) is 5.91 Å². The monoisotopic (exact) mass is 855 g/mol. The summed E-state index contributed by atoms with van der Waals surface area (Å²) in [5.41, 5.74) is 0. The first kappa shape index (κ1) is 58.0. The summed E-state index contributed by atoms with van der Waals surface area (Å²) in [7, 11) is 1.25. The van der Waals surface area contributed by atoms with Gasteiger partial charge in [-0.1, -0.05) is 224 Å². The smallest absolute Gasteiger partial charge is 0.268 e. The Morgan fingerprint density at radius 2 is 0.949 bits per heavy atom. The summed E-state index contributed by atoms with van der Waals surface area (Å²) < 4.78 is 23.2. The number of aliphatic hydroxyl groups is 1. The fourth-order valence-electron chi connectivity index (χ4n) is 7.41. The zero-order chi connectivity index (χ0) is 43.6. The van der Waals surface area contributed by atoms with E-state index in [1.807, 2.05) is 27.2 Å². The third-order valence-electron chi connectivity index (χ3n) is 11.4. The highest BCUT2D eigenvalue weighted by molar-refractivity contribution is 7.45. The molecule has 0 bridgehead atoms. The summed E-state index contributed by atoms with van der Waals surface area (Å²) in [6.45, 7) is 4.65. The lowest BCUT2D eigenvalue weighted by atomic mass is 10.0. The summed E-state index contributed by atoms with van der Waals surface area (Å²) in [5.74, 6) is -0.204. The minimum Gasteiger partial charge on any atom is -0.756 e. The van der Waals surface area contributed by atoms with Gasteiger partial charge in [-0.25, -0.2) is 0 Å². The van der Waals surface area contributed by atoms with Gasteiger partial charge in [-0.2, -0.15) is 0 Å². The van der Waals surface area contributed by atoms with E-state index in [0.29, 0.717) is 17.4 Å². The Bertz CT molecular complexity index is 1020. The summed E-state index contributed by atoms with van der Waals surface area (Å²) in [5, 5.41) is 13.8. The van der Waals surface area contributed by atoms with Gasteiger partial charge in [0, 0.05) is 6.42 Å². The van der Waals surface area contributed by atoms with Crippen LogP contribution < -0.4 is 10.2 Å². The molecule has 0 aliphatic rings. The molecule has 0 aromatic carbocycles. The highest BCUT2D eigenvalue weighted by Gasteiger charge is 2.23. The number of unbranched alkanes of at least 4 members (excludes halogenated alkanes) is 31. The van der Waals surface area contributed by atoms with Gasteiger partial charge in [-0.15, -0.1) is 0 Å². The van der Waals surface area contributed by atoms with Crippen LogP contribution in [-0.2, 0) is 18.4 Å². The minimum atomic E-state index is -4.59. The number of phosphoric ester groups is 1. The molecular weight excluding hydrogens is 756 g/mol. The molecule has 0 aromatic rings. The Labute approximate surface area is 366 Å².